The second-order valence-corrected chi connectivity index (χ2v) is 8.27. The van der Waals surface area contributed by atoms with E-state index in [4.69, 9.17) is 0 Å². The van der Waals surface area contributed by atoms with Crippen molar-refractivity contribution in [3.05, 3.63) is 35.4 Å². The highest BCUT2D eigenvalue weighted by Gasteiger charge is 2.08. The van der Waals surface area contributed by atoms with Gasteiger partial charge in [0.25, 0.3) is 5.91 Å². The zero-order valence-electron chi connectivity index (χ0n) is 19.3. The molecule has 0 aliphatic heterocycles. The second-order valence-electron chi connectivity index (χ2n) is 8.27. The molecule has 1 amide bonds. The Morgan fingerprint density at radius 1 is 0.667 bits per heavy atom. The van der Waals surface area contributed by atoms with Gasteiger partial charge in [-0.15, -0.1) is 0 Å². The summed E-state index contributed by atoms with van der Waals surface area (Å²) in [6.07, 6.45) is 20.1. The van der Waals surface area contributed by atoms with Gasteiger partial charge in [0, 0.05) is 12.1 Å². The van der Waals surface area contributed by atoms with E-state index in [9.17, 15) is 9.59 Å². The Kier molecular flexibility index (Phi) is 15.7. The van der Waals surface area contributed by atoms with Crippen LogP contribution in [0, 0.1) is 0 Å². The maximum Gasteiger partial charge on any atom is 0.337 e. The van der Waals surface area contributed by atoms with Crippen molar-refractivity contribution in [2.24, 2.45) is 0 Å². The van der Waals surface area contributed by atoms with Crippen LogP contribution in [-0.4, -0.2) is 25.5 Å². The summed E-state index contributed by atoms with van der Waals surface area (Å²) in [5.41, 5.74) is 1.03. The van der Waals surface area contributed by atoms with E-state index in [-0.39, 0.29) is 11.9 Å². The second kappa shape index (κ2) is 18.0. The molecule has 0 aromatic heterocycles. The first-order valence-corrected chi connectivity index (χ1v) is 12.2. The van der Waals surface area contributed by atoms with E-state index in [1.807, 2.05) is 0 Å². The van der Waals surface area contributed by atoms with Gasteiger partial charge in [-0.05, 0) is 30.7 Å². The van der Waals surface area contributed by atoms with Crippen LogP contribution in [-0.2, 0) is 4.74 Å². The van der Waals surface area contributed by atoms with Crippen LogP contribution >= 0.6 is 0 Å². The van der Waals surface area contributed by atoms with Crippen LogP contribution in [0.3, 0.4) is 0 Å². The first kappa shape index (κ1) is 26.2. The predicted octanol–water partition coefficient (Wildman–Crippen LogP) is 7.07. The molecule has 4 nitrogen and oxygen atoms in total. The van der Waals surface area contributed by atoms with Gasteiger partial charge in [0.05, 0.1) is 12.7 Å². The number of hydrogen-bond donors (Lipinski definition) is 1. The number of benzene rings is 1. The molecule has 1 aromatic carbocycles. The van der Waals surface area contributed by atoms with Gasteiger partial charge < -0.3 is 10.1 Å². The normalized spacial score (nSPS) is 10.7. The number of unbranched alkanes of at least 4 members (excludes halogenated alkanes) is 14. The van der Waals surface area contributed by atoms with Crippen LogP contribution in [0.25, 0.3) is 0 Å². The van der Waals surface area contributed by atoms with E-state index >= 15 is 0 Å². The fourth-order valence-corrected chi connectivity index (χ4v) is 3.68. The lowest BCUT2D eigenvalue weighted by Crippen LogP contribution is -2.24. The molecule has 1 N–H and O–H groups in total. The van der Waals surface area contributed by atoms with Crippen molar-refractivity contribution in [2.45, 2.75) is 103 Å². The molecular formula is C26H43NO3. The Morgan fingerprint density at radius 3 is 1.50 bits per heavy atom. The van der Waals surface area contributed by atoms with E-state index in [1.54, 1.807) is 24.3 Å². The summed E-state index contributed by atoms with van der Waals surface area (Å²) in [6, 6.07) is 6.56. The average Bonchev–Trinajstić information content (AvgIpc) is 2.78. The van der Waals surface area contributed by atoms with Gasteiger partial charge >= 0.3 is 5.97 Å². The fraction of sp³-hybridized carbons (Fsp3) is 0.692. The van der Waals surface area contributed by atoms with Gasteiger partial charge in [0.2, 0.25) is 0 Å². The zero-order chi connectivity index (χ0) is 21.9. The number of amides is 1. The molecule has 0 radical (unpaired) electrons. The number of carbonyl (C=O) groups excluding carboxylic acids is 2. The molecule has 0 saturated heterocycles. The SMILES string of the molecule is CCCCCCCCCCCCCCCCCNC(=O)c1ccc(C(=O)OC)cc1. The summed E-state index contributed by atoms with van der Waals surface area (Å²) in [4.78, 5) is 23.5. The van der Waals surface area contributed by atoms with Crippen LogP contribution in [0.15, 0.2) is 24.3 Å². The first-order valence-electron chi connectivity index (χ1n) is 12.2. The minimum absolute atomic E-state index is 0.0863. The summed E-state index contributed by atoms with van der Waals surface area (Å²) in [5, 5.41) is 2.95. The van der Waals surface area contributed by atoms with E-state index in [1.165, 1.54) is 97.0 Å². The summed E-state index contributed by atoms with van der Waals surface area (Å²) in [7, 11) is 1.35. The Labute approximate surface area is 184 Å². The van der Waals surface area contributed by atoms with Crippen LogP contribution in [0.1, 0.15) is 124 Å². The number of ether oxygens (including phenoxy) is 1. The summed E-state index contributed by atoms with van der Waals surface area (Å²) >= 11 is 0. The Hall–Kier alpha value is -1.84. The van der Waals surface area contributed by atoms with Crippen LogP contribution in [0.2, 0.25) is 0 Å². The first-order chi connectivity index (χ1) is 14.7. The number of nitrogens with one attached hydrogen (secondary N) is 1. The average molecular weight is 418 g/mol. The maximum atomic E-state index is 12.1. The van der Waals surface area contributed by atoms with E-state index < -0.39 is 0 Å². The zero-order valence-corrected chi connectivity index (χ0v) is 19.3. The number of esters is 1. The maximum absolute atomic E-state index is 12.1. The van der Waals surface area contributed by atoms with E-state index in [2.05, 4.69) is 17.0 Å². The molecule has 0 saturated carbocycles. The third-order valence-electron chi connectivity index (χ3n) is 5.63. The van der Waals surface area contributed by atoms with Crippen molar-refractivity contribution in [2.75, 3.05) is 13.7 Å². The Balaban J connectivity index is 1.90. The molecule has 170 valence electrons. The number of hydrogen-bond acceptors (Lipinski definition) is 3. The topological polar surface area (TPSA) is 55.4 Å². The summed E-state index contributed by atoms with van der Waals surface area (Å²) < 4.78 is 4.66. The molecule has 0 aliphatic rings. The predicted molar refractivity (Wildman–Crippen MR) is 125 cm³/mol. The largest absolute Gasteiger partial charge is 0.465 e. The van der Waals surface area contributed by atoms with E-state index in [0.717, 1.165) is 6.42 Å². The smallest absolute Gasteiger partial charge is 0.337 e. The molecule has 4 heteroatoms. The molecule has 1 aromatic rings. The standard InChI is InChI=1S/C26H43NO3/c1-3-4-5-6-7-8-9-10-11-12-13-14-15-16-17-22-27-25(28)23-18-20-24(21-19-23)26(29)30-2/h18-21H,3-17,22H2,1-2H3,(H,27,28). The fourth-order valence-electron chi connectivity index (χ4n) is 3.68. The number of methoxy groups -OCH3 is 1. The molecule has 0 bridgehead atoms. The highest BCUT2D eigenvalue weighted by molar-refractivity contribution is 5.96. The third-order valence-corrected chi connectivity index (χ3v) is 5.63. The monoisotopic (exact) mass is 417 g/mol. The minimum Gasteiger partial charge on any atom is -0.465 e. The lowest BCUT2D eigenvalue weighted by molar-refractivity contribution is 0.0600. The highest BCUT2D eigenvalue weighted by Crippen LogP contribution is 2.13. The molecule has 1 rings (SSSR count). The highest BCUT2D eigenvalue weighted by atomic mass is 16.5. The quantitative estimate of drug-likeness (QED) is 0.205. The molecule has 30 heavy (non-hydrogen) atoms. The van der Waals surface area contributed by atoms with Gasteiger partial charge in [0.1, 0.15) is 0 Å². The Morgan fingerprint density at radius 2 is 1.07 bits per heavy atom. The van der Waals surface area contributed by atoms with Crippen molar-refractivity contribution >= 4 is 11.9 Å². The van der Waals surface area contributed by atoms with Gasteiger partial charge in [0.15, 0.2) is 0 Å². The van der Waals surface area contributed by atoms with Crippen LogP contribution < -0.4 is 5.32 Å². The van der Waals surface area contributed by atoms with Crippen molar-refractivity contribution in [1.29, 1.82) is 0 Å². The molecule has 0 fully saturated rings. The Bertz CT molecular complexity index is 568. The van der Waals surface area contributed by atoms with Crippen molar-refractivity contribution in [3.63, 3.8) is 0 Å². The molecular weight excluding hydrogens is 374 g/mol. The molecule has 0 spiro atoms. The van der Waals surface area contributed by atoms with Crippen molar-refractivity contribution in [3.8, 4) is 0 Å². The van der Waals surface area contributed by atoms with Gasteiger partial charge in [-0.2, -0.15) is 0 Å². The number of rotatable bonds is 18. The van der Waals surface area contributed by atoms with Crippen LogP contribution in [0.5, 0.6) is 0 Å². The van der Waals surface area contributed by atoms with Crippen LogP contribution in [0.4, 0.5) is 0 Å². The van der Waals surface area contributed by atoms with Gasteiger partial charge in [-0.3, -0.25) is 4.79 Å². The minimum atomic E-state index is -0.389. The molecule has 0 atom stereocenters. The van der Waals surface area contributed by atoms with Crippen molar-refractivity contribution < 1.29 is 14.3 Å². The van der Waals surface area contributed by atoms with Gasteiger partial charge in [-0.1, -0.05) is 96.8 Å². The molecule has 0 unspecified atom stereocenters. The summed E-state index contributed by atoms with van der Waals surface area (Å²) in [6.45, 7) is 2.98. The van der Waals surface area contributed by atoms with Gasteiger partial charge in [-0.25, -0.2) is 4.79 Å². The summed E-state index contributed by atoms with van der Waals surface area (Å²) in [5.74, 6) is -0.475. The third kappa shape index (κ3) is 12.7. The lowest BCUT2D eigenvalue weighted by Gasteiger charge is -2.06. The molecule has 0 aliphatic carbocycles. The number of carbonyl (C=O) groups is 2. The van der Waals surface area contributed by atoms with E-state index in [0.29, 0.717) is 17.7 Å². The van der Waals surface area contributed by atoms with Crippen molar-refractivity contribution in [1.82, 2.24) is 5.32 Å². The molecule has 0 heterocycles. The lowest BCUT2D eigenvalue weighted by atomic mass is 10.0.